The Bertz CT molecular complexity index is 1200. The van der Waals surface area contributed by atoms with Crippen LogP contribution in [0.2, 0.25) is 5.02 Å². The smallest absolute Gasteiger partial charge is 0.269 e. The van der Waals surface area contributed by atoms with Crippen molar-refractivity contribution < 1.29 is 4.92 Å². The molecule has 0 radical (unpaired) electrons. The Morgan fingerprint density at radius 2 is 1.90 bits per heavy atom. The number of thiazole rings is 1. The Kier molecular flexibility index (Phi) is 4.58. The fourth-order valence-electron chi connectivity index (χ4n) is 3.74. The maximum atomic E-state index is 10.8. The molecule has 0 fully saturated rings. The lowest BCUT2D eigenvalue weighted by molar-refractivity contribution is -0.384. The molecule has 5 rings (SSSR count). The molecule has 3 heterocycles. The lowest BCUT2D eigenvalue weighted by atomic mass is 10.1. The van der Waals surface area contributed by atoms with E-state index in [-0.39, 0.29) is 10.6 Å². The van der Waals surface area contributed by atoms with Gasteiger partial charge in [0.05, 0.1) is 10.6 Å². The summed E-state index contributed by atoms with van der Waals surface area (Å²) in [5.41, 5.74) is 4.58. The first-order valence-electron chi connectivity index (χ1n) is 9.28. The van der Waals surface area contributed by atoms with E-state index in [9.17, 15) is 10.1 Å². The summed E-state index contributed by atoms with van der Waals surface area (Å²) >= 11 is 7.72. The Balaban J connectivity index is 1.35. The number of fused-ring (bicyclic) bond motifs is 3. The van der Waals surface area contributed by atoms with Crippen molar-refractivity contribution in [2.24, 2.45) is 0 Å². The number of rotatable bonds is 4. The molecular formula is C21H17ClN4O2S. The Morgan fingerprint density at radius 3 is 2.62 bits per heavy atom. The van der Waals surface area contributed by atoms with Crippen molar-refractivity contribution in [3.8, 4) is 11.3 Å². The van der Waals surface area contributed by atoms with Crippen LogP contribution in [-0.4, -0.2) is 25.8 Å². The van der Waals surface area contributed by atoms with Gasteiger partial charge in [0, 0.05) is 65.5 Å². The maximum absolute atomic E-state index is 10.8. The van der Waals surface area contributed by atoms with E-state index in [1.807, 2.05) is 36.4 Å². The van der Waals surface area contributed by atoms with Gasteiger partial charge in [0.1, 0.15) is 0 Å². The highest BCUT2D eigenvalue weighted by molar-refractivity contribution is 7.17. The third-order valence-electron chi connectivity index (χ3n) is 5.23. The van der Waals surface area contributed by atoms with E-state index in [2.05, 4.69) is 15.5 Å². The minimum Gasteiger partial charge on any atom is -0.294 e. The SMILES string of the molecule is O=[N+]([O-])c1ccc(CN2CCc3c(sc4nc(-c5ccc(Cl)cc5)cn34)C2)cc1. The number of nitro groups is 1. The highest BCUT2D eigenvalue weighted by Crippen LogP contribution is 2.32. The summed E-state index contributed by atoms with van der Waals surface area (Å²) in [5.74, 6) is 0. The first-order valence-corrected chi connectivity index (χ1v) is 10.5. The summed E-state index contributed by atoms with van der Waals surface area (Å²) in [5, 5.41) is 11.5. The molecule has 0 spiro atoms. The molecule has 4 aromatic rings. The third-order valence-corrected chi connectivity index (χ3v) is 6.56. The molecular weight excluding hydrogens is 408 g/mol. The van der Waals surface area contributed by atoms with Gasteiger partial charge >= 0.3 is 0 Å². The van der Waals surface area contributed by atoms with E-state index < -0.39 is 0 Å². The molecule has 0 amide bonds. The molecule has 0 N–H and O–H groups in total. The van der Waals surface area contributed by atoms with Crippen molar-refractivity contribution in [1.82, 2.24) is 14.3 Å². The topological polar surface area (TPSA) is 63.7 Å². The zero-order chi connectivity index (χ0) is 20.0. The van der Waals surface area contributed by atoms with Gasteiger partial charge in [-0.05, 0) is 17.7 Å². The van der Waals surface area contributed by atoms with E-state index in [1.54, 1.807) is 23.5 Å². The third kappa shape index (κ3) is 3.53. The van der Waals surface area contributed by atoms with Gasteiger partial charge in [0.15, 0.2) is 4.96 Å². The predicted molar refractivity (Wildman–Crippen MR) is 114 cm³/mol. The van der Waals surface area contributed by atoms with Crippen LogP contribution in [0.5, 0.6) is 0 Å². The maximum Gasteiger partial charge on any atom is 0.269 e. The van der Waals surface area contributed by atoms with Crippen LogP contribution in [-0.2, 0) is 19.5 Å². The fraction of sp³-hybridized carbons (Fsp3) is 0.190. The summed E-state index contributed by atoms with van der Waals surface area (Å²) in [6.45, 7) is 2.61. The van der Waals surface area contributed by atoms with Gasteiger partial charge < -0.3 is 0 Å². The Hall–Kier alpha value is -2.74. The van der Waals surface area contributed by atoms with Crippen molar-refractivity contribution in [2.75, 3.05) is 6.54 Å². The van der Waals surface area contributed by atoms with Crippen LogP contribution in [0.15, 0.2) is 54.7 Å². The molecule has 6 nitrogen and oxygen atoms in total. The molecule has 1 aliphatic rings. The first-order chi connectivity index (χ1) is 14.1. The normalized spacial score (nSPS) is 14.2. The zero-order valence-corrected chi connectivity index (χ0v) is 17.0. The number of hydrogen-bond acceptors (Lipinski definition) is 5. The van der Waals surface area contributed by atoms with Crippen molar-refractivity contribution in [2.45, 2.75) is 19.5 Å². The first kappa shape index (κ1) is 18.3. The average molecular weight is 425 g/mol. The van der Waals surface area contributed by atoms with Gasteiger partial charge in [-0.1, -0.05) is 47.2 Å². The van der Waals surface area contributed by atoms with E-state index >= 15 is 0 Å². The van der Waals surface area contributed by atoms with Crippen LogP contribution >= 0.6 is 22.9 Å². The fourth-order valence-corrected chi connectivity index (χ4v) is 5.05. The van der Waals surface area contributed by atoms with Crippen LogP contribution in [0.25, 0.3) is 16.2 Å². The molecule has 0 atom stereocenters. The highest BCUT2D eigenvalue weighted by Gasteiger charge is 2.23. The van der Waals surface area contributed by atoms with Crippen molar-refractivity contribution in [1.29, 1.82) is 0 Å². The number of nitro benzene ring substituents is 1. The second-order valence-electron chi connectivity index (χ2n) is 7.14. The van der Waals surface area contributed by atoms with Crippen LogP contribution in [0.1, 0.15) is 16.1 Å². The molecule has 146 valence electrons. The van der Waals surface area contributed by atoms with Gasteiger partial charge in [-0.2, -0.15) is 0 Å². The molecule has 0 aliphatic carbocycles. The Morgan fingerprint density at radius 1 is 1.14 bits per heavy atom. The number of benzene rings is 2. The molecule has 2 aromatic heterocycles. The van der Waals surface area contributed by atoms with Gasteiger partial charge in [-0.15, -0.1) is 0 Å². The number of nitrogens with zero attached hydrogens (tertiary/aromatic N) is 4. The average Bonchev–Trinajstić information content (AvgIpc) is 3.26. The van der Waals surface area contributed by atoms with E-state index in [4.69, 9.17) is 16.6 Å². The molecule has 29 heavy (non-hydrogen) atoms. The van der Waals surface area contributed by atoms with Crippen LogP contribution in [0, 0.1) is 10.1 Å². The van der Waals surface area contributed by atoms with E-state index in [1.165, 1.54) is 10.6 Å². The summed E-state index contributed by atoms with van der Waals surface area (Å²) < 4.78 is 2.22. The van der Waals surface area contributed by atoms with Gasteiger partial charge in [-0.25, -0.2) is 4.98 Å². The van der Waals surface area contributed by atoms with Crippen LogP contribution < -0.4 is 0 Å². The summed E-state index contributed by atoms with van der Waals surface area (Å²) in [6.07, 6.45) is 3.07. The predicted octanol–water partition coefficient (Wildman–Crippen LogP) is 5.18. The van der Waals surface area contributed by atoms with Crippen LogP contribution in [0.4, 0.5) is 5.69 Å². The lowest BCUT2D eigenvalue weighted by Gasteiger charge is -2.26. The largest absolute Gasteiger partial charge is 0.294 e. The van der Waals surface area contributed by atoms with E-state index in [0.29, 0.717) is 0 Å². The molecule has 0 saturated carbocycles. The summed E-state index contributed by atoms with van der Waals surface area (Å²) in [4.78, 5) is 20.0. The molecule has 0 saturated heterocycles. The molecule has 2 aromatic carbocycles. The van der Waals surface area contributed by atoms with Crippen molar-refractivity contribution >= 4 is 33.6 Å². The number of imidazole rings is 1. The molecule has 0 bridgehead atoms. The summed E-state index contributed by atoms with van der Waals surface area (Å²) in [6, 6.07) is 14.6. The molecule has 8 heteroatoms. The lowest BCUT2D eigenvalue weighted by Crippen LogP contribution is -2.29. The number of non-ortho nitro benzene ring substituents is 1. The van der Waals surface area contributed by atoms with Crippen molar-refractivity contribution in [3.05, 3.63) is 86.0 Å². The molecule has 0 unspecified atom stereocenters. The van der Waals surface area contributed by atoms with E-state index in [0.717, 1.165) is 52.9 Å². The number of aromatic nitrogens is 2. The number of halogens is 1. The van der Waals surface area contributed by atoms with Gasteiger partial charge in [0.25, 0.3) is 5.69 Å². The van der Waals surface area contributed by atoms with Gasteiger partial charge in [-0.3, -0.25) is 19.4 Å². The Labute approximate surface area is 176 Å². The zero-order valence-electron chi connectivity index (χ0n) is 15.4. The second-order valence-corrected chi connectivity index (χ2v) is 8.64. The highest BCUT2D eigenvalue weighted by atomic mass is 35.5. The van der Waals surface area contributed by atoms with Crippen LogP contribution in [0.3, 0.4) is 0 Å². The monoisotopic (exact) mass is 424 g/mol. The summed E-state index contributed by atoms with van der Waals surface area (Å²) in [7, 11) is 0. The second kappa shape index (κ2) is 7.26. The minimum absolute atomic E-state index is 0.130. The van der Waals surface area contributed by atoms with Crippen molar-refractivity contribution in [3.63, 3.8) is 0 Å². The number of hydrogen-bond donors (Lipinski definition) is 0. The van der Waals surface area contributed by atoms with Gasteiger partial charge in [0.2, 0.25) is 0 Å². The molecule has 1 aliphatic heterocycles. The minimum atomic E-state index is -0.364. The quantitative estimate of drug-likeness (QED) is 0.334. The standard InChI is InChI=1S/C21H17ClN4O2S/c22-16-5-3-15(4-6-16)18-12-25-19-9-10-24(13-20(19)29-21(25)23-18)11-14-1-7-17(8-2-14)26(27)28/h1-8,12H,9-11,13H2.